The predicted molar refractivity (Wildman–Crippen MR) is 120 cm³/mol. The van der Waals surface area contributed by atoms with Crippen LogP contribution in [0.25, 0.3) is 0 Å². The Morgan fingerprint density at radius 2 is 1.90 bits per heavy atom. The molecule has 1 atom stereocenters. The van der Waals surface area contributed by atoms with Crippen molar-refractivity contribution >= 4 is 23.4 Å². The van der Waals surface area contributed by atoms with E-state index in [-0.39, 0.29) is 17.1 Å². The summed E-state index contributed by atoms with van der Waals surface area (Å²) in [4.78, 5) is 33.6. The number of Topliss-reactive ketones (excluding diaryl/α,β-unsaturated/α-hetero) is 1. The lowest BCUT2D eigenvalue weighted by Gasteiger charge is -2.32. The molecule has 0 fully saturated rings. The van der Waals surface area contributed by atoms with Gasteiger partial charge in [-0.05, 0) is 36.1 Å². The number of fused-ring (bicyclic) bond motifs is 1. The zero-order chi connectivity index (χ0) is 21.4. The van der Waals surface area contributed by atoms with E-state index in [1.54, 1.807) is 18.2 Å². The zero-order valence-corrected chi connectivity index (χ0v) is 17.5. The molecule has 31 heavy (non-hydrogen) atoms. The number of nitrogens with one attached hydrogen (secondary N) is 2. The van der Waals surface area contributed by atoms with E-state index >= 15 is 0 Å². The zero-order valence-electron chi connectivity index (χ0n) is 16.7. The van der Waals surface area contributed by atoms with Crippen molar-refractivity contribution in [2.45, 2.75) is 36.1 Å². The van der Waals surface area contributed by atoms with E-state index in [1.807, 2.05) is 36.4 Å². The molecule has 0 bridgehead atoms. The molecule has 6 nitrogen and oxygen atoms in total. The maximum Gasteiger partial charge on any atom is 0.257 e. The van der Waals surface area contributed by atoms with Crippen LogP contribution in [0.15, 0.2) is 75.8 Å². The summed E-state index contributed by atoms with van der Waals surface area (Å²) in [6.07, 6.45) is 1.96. The number of allylic oxidation sites excluding steroid dienone is 2. The van der Waals surface area contributed by atoms with Gasteiger partial charge in [0.1, 0.15) is 11.6 Å². The Labute approximate surface area is 183 Å². The first-order chi connectivity index (χ1) is 15.1. The lowest BCUT2D eigenvalue weighted by Crippen LogP contribution is -2.32. The van der Waals surface area contributed by atoms with Gasteiger partial charge in [-0.1, -0.05) is 54.2 Å². The molecule has 3 N–H and O–H groups in total. The second kappa shape index (κ2) is 8.07. The van der Waals surface area contributed by atoms with E-state index in [4.69, 9.17) is 4.98 Å². The number of aromatic amines is 1. The molecule has 0 spiro atoms. The number of thioether (sulfide) groups is 1. The van der Waals surface area contributed by atoms with Gasteiger partial charge < -0.3 is 15.4 Å². The first kappa shape index (κ1) is 19.6. The number of benzene rings is 2. The fraction of sp³-hybridized carbons (Fsp3) is 0.208. The highest BCUT2D eigenvalue weighted by molar-refractivity contribution is 7.98. The van der Waals surface area contributed by atoms with Crippen LogP contribution in [-0.4, -0.2) is 20.9 Å². The summed E-state index contributed by atoms with van der Waals surface area (Å²) in [5.74, 6) is 0.763. The molecule has 2 heterocycles. The average Bonchev–Trinajstić information content (AvgIpc) is 2.77. The lowest BCUT2D eigenvalue weighted by molar-refractivity contribution is -0.116. The standard InChI is InChI=1S/C24H21N3O3S/c28-16-9-4-8-15(12-16)19-20-17(10-5-11-18(20)29)25-22-21(19)23(30)27-24(26-22)31-13-14-6-2-1-3-7-14/h1-4,6-9,12,19,28H,5,10-11,13H2,(H2,25,26,27,30). The highest BCUT2D eigenvalue weighted by Crippen LogP contribution is 2.44. The third-order valence-electron chi connectivity index (χ3n) is 5.66. The van der Waals surface area contributed by atoms with Gasteiger partial charge in [-0.15, -0.1) is 0 Å². The fourth-order valence-corrected chi connectivity index (χ4v) is 5.09. The van der Waals surface area contributed by atoms with Crippen molar-refractivity contribution in [3.63, 3.8) is 0 Å². The van der Waals surface area contributed by atoms with E-state index in [1.165, 1.54) is 11.8 Å². The predicted octanol–water partition coefficient (Wildman–Crippen LogP) is 4.33. The molecule has 2 aromatic carbocycles. The van der Waals surface area contributed by atoms with Crippen molar-refractivity contribution in [3.05, 3.63) is 92.9 Å². The van der Waals surface area contributed by atoms with Crippen molar-refractivity contribution in [2.75, 3.05) is 5.32 Å². The number of carbonyl (C=O) groups excluding carboxylic acids is 1. The summed E-state index contributed by atoms with van der Waals surface area (Å²) in [6, 6.07) is 16.8. The van der Waals surface area contributed by atoms with Crippen LogP contribution in [0.2, 0.25) is 0 Å². The smallest absolute Gasteiger partial charge is 0.257 e. The molecule has 7 heteroatoms. The number of hydrogen-bond acceptors (Lipinski definition) is 6. The lowest BCUT2D eigenvalue weighted by atomic mass is 9.76. The third-order valence-corrected chi connectivity index (χ3v) is 6.60. The van der Waals surface area contributed by atoms with Crippen LogP contribution in [0, 0.1) is 0 Å². The van der Waals surface area contributed by atoms with Crippen molar-refractivity contribution in [1.29, 1.82) is 0 Å². The van der Waals surface area contributed by atoms with Gasteiger partial charge in [-0.25, -0.2) is 4.98 Å². The van der Waals surface area contributed by atoms with Crippen LogP contribution in [0.5, 0.6) is 5.75 Å². The summed E-state index contributed by atoms with van der Waals surface area (Å²) in [5.41, 5.74) is 3.44. The van der Waals surface area contributed by atoms with Crippen LogP contribution in [0.1, 0.15) is 41.9 Å². The van der Waals surface area contributed by atoms with E-state index < -0.39 is 5.92 Å². The van der Waals surface area contributed by atoms with Crippen molar-refractivity contribution in [2.24, 2.45) is 0 Å². The molecule has 0 saturated heterocycles. The molecule has 2 aliphatic rings. The van der Waals surface area contributed by atoms with Crippen molar-refractivity contribution in [3.8, 4) is 5.75 Å². The van der Waals surface area contributed by atoms with Gasteiger partial charge >= 0.3 is 0 Å². The molecule has 5 rings (SSSR count). The van der Waals surface area contributed by atoms with Gasteiger partial charge in [0, 0.05) is 29.4 Å². The van der Waals surface area contributed by atoms with Gasteiger partial charge in [0.25, 0.3) is 5.56 Å². The Balaban J connectivity index is 1.58. The van der Waals surface area contributed by atoms with Crippen LogP contribution in [0.4, 0.5) is 5.82 Å². The van der Waals surface area contributed by atoms with Crippen LogP contribution >= 0.6 is 11.8 Å². The third kappa shape index (κ3) is 3.77. The highest BCUT2D eigenvalue weighted by atomic mass is 32.2. The van der Waals surface area contributed by atoms with E-state index in [0.29, 0.717) is 39.8 Å². The van der Waals surface area contributed by atoms with E-state index in [0.717, 1.165) is 24.1 Å². The van der Waals surface area contributed by atoms with Crippen molar-refractivity contribution < 1.29 is 9.90 Å². The molecular formula is C24H21N3O3S. The maximum absolute atomic E-state index is 13.2. The second-order valence-corrected chi connectivity index (χ2v) is 8.69. The van der Waals surface area contributed by atoms with Gasteiger partial charge in [-0.2, -0.15) is 0 Å². The van der Waals surface area contributed by atoms with Crippen LogP contribution in [-0.2, 0) is 10.5 Å². The quantitative estimate of drug-likeness (QED) is 0.420. The number of H-pyrrole nitrogens is 1. The molecule has 1 aliphatic carbocycles. The largest absolute Gasteiger partial charge is 0.508 e. The summed E-state index contributed by atoms with van der Waals surface area (Å²) in [5, 5.41) is 13.8. The topological polar surface area (TPSA) is 95.1 Å². The highest BCUT2D eigenvalue weighted by Gasteiger charge is 2.37. The Kier molecular flexibility index (Phi) is 5.11. The van der Waals surface area contributed by atoms with Crippen LogP contribution < -0.4 is 10.9 Å². The summed E-state index contributed by atoms with van der Waals surface area (Å²) in [6.45, 7) is 0. The number of rotatable bonds is 4. The minimum absolute atomic E-state index is 0.0367. The maximum atomic E-state index is 13.2. The first-order valence-corrected chi connectivity index (χ1v) is 11.2. The fourth-order valence-electron chi connectivity index (χ4n) is 4.27. The molecule has 3 aromatic rings. The number of hydrogen-bond donors (Lipinski definition) is 3. The SMILES string of the molecule is O=C1CCCC2=C1C(c1cccc(O)c1)c1c(nc(SCc3ccccc3)[nH]c1=O)N2. The number of ketones is 1. The minimum Gasteiger partial charge on any atom is -0.508 e. The molecule has 1 aliphatic heterocycles. The number of aromatic nitrogens is 2. The Hall–Kier alpha value is -3.32. The molecule has 156 valence electrons. The van der Waals surface area contributed by atoms with Gasteiger partial charge in [0.05, 0.1) is 5.56 Å². The minimum atomic E-state index is -0.546. The summed E-state index contributed by atoms with van der Waals surface area (Å²) < 4.78 is 0. The molecule has 1 unspecified atom stereocenters. The molecule has 1 aromatic heterocycles. The molecule has 0 saturated carbocycles. The van der Waals surface area contributed by atoms with Gasteiger partial charge in [0.15, 0.2) is 10.9 Å². The number of aromatic hydroxyl groups is 1. The molecule has 0 amide bonds. The van der Waals surface area contributed by atoms with Crippen molar-refractivity contribution in [1.82, 2.24) is 9.97 Å². The van der Waals surface area contributed by atoms with E-state index in [9.17, 15) is 14.7 Å². The Bertz CT molecular complexity index is 1250. The Morgan fingerprint density at radius 3 is 2.71 bits per heavy atom. The Morgan fingerprint density at radius 1 is 1.06 bits per heavy atom. The number of phenols is 1. The number of anilines is 1. The second-order valence-electron chi connectivity index (χ2n) is 7.73. The molecular weight excluding hydrogens is 410 g/mol. The molecule has 0 radical (unpaired) electrons. The number of nitrogens with zero attached hydrogens (tertiary/aromatic N) is 1. The number of carbonyl (C=O) groups is 1. The summed E-state index contributed by atoms with van der Waals surface area (Å²) >= 11 is 1.46. The van der Waals surface area contributed by atoms with Gasteiger partial charge in [-0.3, -0.25) is 9.59 Å². The average molecular weight is 432 g/mol. The summed E-state index contributed by atoms with van der Waals surface area (Å²) in [7, 11) is 0. The monoisotopic (exact) mass is 431 g/mol. The van der Waals surface area contributed by atoms with Crippen LogP contribution in [0.3, 0.4) is 0 Å². The number of phenolic OH excluding ortho intramolecular Hbond substituents is 1. The van der Waals surface area contributed by atoms with E-state index in [2.05, 4.69) is 10.3 Å². The van der Waals surface area contributed by atoms with Gasteiger partial charge in [0.2, 0.25) is 0 Å². The first-order valence-electron chi connectivity index (χ1n) is 10.2. The normalized spacial score (nSPS) is 17.7.